The van der Waals surface area contributed by atoms with Crippen LogP contribution in [-0.2, 0) is 4.79 Å². The average Bonchev–Trinajstić information content (AvgIpc) is 2.18. The summed E-state index contributed by atoms with van der Waals surface area (Å²) >= 11 is 0. The van der Waals surface area contributed by atoms with E-state index in [9.17, 15) is 9.18 Å². The Bertz CT molecular complexity index is 244. The average molecular weight is 217 g/mol. The second-order valence-corrected chi connectivity index (χ2v) is 3.01. The topological polar surface area (TPSA) is 99.2 Å². The predicted octanol–water partition coefficient (Wildman–Crippen LogP) is 0.271. The van der Waals surface area contributed by atoms with Gasteiger partial charge < -0.3 is 21.6 Å². The first kappa shape index (κ1) is 13.7. The third kappa shape index (κ3) is 7.77. The van der Waals surface area contributed by atoms with Crippen LogP contribution in [0.25, 0.3) is 0 Å². The number of halogens is 1. The molecule has 0 saturated heterocycles. The van der Waals surface area contributed by atoms with Gasteiger partial charge in [-0.3, -0.25) is 4.79 Å². The zero-order valence-electron chi connectivity index (χ0n) is 8.37. The van der Waals surface area contributed by atoms with Crippen LogP contribution in [0, 0.1) is 5.41 Å². The number of hydrogen-bond acceptors (Lipinski definition) is 4. The molecule has 0 heterocycles. The number of rotatable bonds is 8. The van der Waals surface area contributed by atoms with E-state index in [0.29, 0.717) is 13.0 Å². The summed E-state index contributed by atoms with van der Waals surface area (Å²) in [5, 5.41) is 17.8. The minimum absolute atomic E-state index is 0.0533. The van der Waals surface area contributed by atoms with Gasteiger partial charge >= 0.3 is 5.97 Å². The molecule has 0 amide bonds. The molecule has 0 spiro atoms. The standard InChI is InChI=1S/C9H16FN3O2/c10-7(6-13-5-4-11)2-1-3-8(12)9(14)15/h2,4,8,11,13H,1,3,5-6,12H2,(H,14,15)/b7-2+,11-4?/t8-/m0/s1. The zero-order valence-corrected chi connectivity index (χ0v) is 8.37. The van der Waals surface area contributed by atoms with Crippen LogP contribution >= 0.6 is 0 Å². The molecule has 0 aromatic carbocycles. The highest BCUT2D eigenvalue weighted by Gasteiger charge is 2.09. The summed E-state index contributed by atoms with van der Waals surface area (Å²) in [5.41, 5.74) is 5.23. The minimum atomic E-state index is -1.08. The first-order valence-electron chi connectivity index (χ1n) is 4.60. The maximum absolute atomic E-state index is 12.9. The van der Waals surface area contributed by atoms with Crippen molar-refractivity contribution in [2.75, 3.05) is 13.1 Å². The van der Waals surface area contributed by atoms with Crippen LogP contribution in [0.5, 0.6) is 0 Å². The molecule has 0 aliphatic heterocycles. The molecule has 0 aromatic rings. The fourth-order valence-electron chi connectivity index (χ4n) is 0.879. The Kier molecular flexibility index (Phi) is 7.39. The van der Waals surface area contributed by atoms with Gasteiger partial charge in [-0.25, -0.2) is 4.39 Å². The number of nitrogens with one attached hydrogen (secondary N) is 2. The summed E-state index contributed by atoms with van der Waals surface area (Å²) in [6.45, 7) is 0.369. The molecule has 0 aliphatic carbocycles. The van der Waals surface area contributed by atoms with Crippen LogP contribution < -0.4 is 11.1 Å². The van der Waals surface area contributed by atoms with Gasteiger partial charge in [-0.05, 0) is 12.8 Å². The van der Waals surface area contributed by atoms with Crippen molar-refractivity contribution in [3.8, 4) is 0 Å². The Balaban J connectivity index is 3.66. The fourth-order valence-corrected chi connectivity index (χ4v) is 0.879. The molecule has 0 aliphatic rings. The lowest BCUT2D eigenvalue weighted by molar-refractivity contribution is -0.138. The molecule has 0 unspecified atom stereocenters. The predicted molar refractivity (Wildman–Crippen MR) is 55.7 cm³/mol. The summed E-state index contributed by atoms with van der Waals surface area (Å²) in [4.78, 5) is 10.3. The molecule has 5 N–H and O–H groups in total. The van der Waals surface area contributed by atoms with Gasteiger partial charge in [0.05, 0.1) is 0 Å². The lowest BCUT2D eigenvalue weighted by atomic mass is 10.1. The lowest BCUT2D eigenvalue weighted by Gasteiger charge is -2.03. The molecule has 5 nitrogen and oxygen atoms in total. The normalized spacial score (nSPS) is 13.6. The molecule has 15 heavy (non-hydrogen) atoms. The molecular weight excluding hydrogens is 201 g/mol. The second kappa shape index (κ2) is 8.07. The zero-order chi connectivity index (χ0) is 11.7. The summed E-state index contributed by atoms with van der Waals surface area (Å²) in [6.07, 6.45) is 2.95. The van der Waals surface area contributed by atoms with Crippen molar-refractivity contribution in [2.45, 2.75) is 18.9 Å². The van der Waals surface area contributed by atoms with E-state index in [1.807, 2.05) is 0 Å². The van der Waals surface area contributed by atoms with Crippen molar-refractivity contribution in [1.82, 2.24) is 5.32 Å². The fraction of sp³-hybridized carbons (Fsp3) is 0.556. The molecule has 0 fully saturated rings. The van der Waals surface area contributed by atoms with Crippen LogP contribution in [0.1, 0.15) is 12.8 Å². The van der Waals surface area contributed by atoms with Crippen LogP contribution in [0.15, 0.2) is 11.9 Å². The molecule has 1 atom stereocenters. The number of allylic oxidation sites excluding steroid dienone is 1. The van der Waals surface area contributed by atoms with E-state index in [1.54, 1.807) is 0 Å². The Morgan fingerprint density at radius 2 is 2.33 bits per heavy atom. The maximum atomic E-state index is 12.9. The third-order valence-corrected chi connectivity index (χ3v) is 1.70. The first-order valence-corrected chi connectivity index (χ1v) is 4.60. The Morgan fingerprint density at radius 3 is 2.87 bits per heavy atom. The summed E-state index contributed by atoms with van der Waals surface area (Å²) in [7, 11) is 0. The SMILES string of the molecule is N=CCNC/C(F)=C\CC[C@H](N)C(=O)O. The van der Waals surface area contributed by atoms with Gasteiger partial charge in [0.1, 0.15) is 11.9 Å². The van der Waals surface area contributed by atoms with Crippen molar-refractivity contribution in [3.05, 3.63) is 11.9 Å². The van der Waals surface area contributed by atoms with E-state index in [-0.39, 0.29) is 18.8 Å². The number of nitrogens with two attached hydrogens (primary N) is 1. The monoisotopic (exact) mass is 217 g/mol. The van der Waals surface area contributed by atoms with Gasteiger partial charge in [-0.1, -0.05) is 6.08 Å². The highest BCUT2D eigenvalue weighted by Crippen LogP contribution is 2.01. The summed E-state index contributed by atoms with van der Waals surface area (Å²) in [6, 6.07) is -0.941. The van der Waals surface area contributed by atoms with Gasteiger partial charge in [0.15, 0.2) is 0 Å². The molecule has 0 rings (SSSR count). The first-order chi connectivity index (χ1) is 7.07. The van der Waals surface area contributed by atoms with Crippen molar-refractivity contribution < 1.29 is 14.3 Å². The van der Waals surface area contributed by atoms with E-state index in [1.165, 1.54) is 6.08 Å². The van der Waals surface area contributed by atoms with E-state index >= 15 is 0 Å². The van der Waals surface area contributed by atoms with Gasteiger partial charge in [0.2, 0.25) is 0 Å². The van der Waals surface area contributed by atoms with Crippen LogP contribution in [0.3, 0.4) is 0 Å². The Labute approximate surface area is 87.7 Å². The third-order valence-electron chi connectivity index (χ3n) is 1.70. The number of aliphatic carboxylic acids is 1. The number of hydrogen-bond donors (Lipinski definition) is 4. The molecule has 0 saturated carbocycles. The van der Waals surface area contributed by atoms with Crippen molar-refractivity contribution >= 4 is 12.2 Å². The molecule has 6 heteroatoms. The van der Waals surface area contributed by atoms with Crippen LogP contribution in [-0.4, -0.2) is 36.4 Å². The van der Waals surface area contributed by atoms with E-state index in [4.69, 9.17) is 16.2 Å². The van der Waals surface area contributed by atoms with Crippen molar-refractivity contribution in [1.29, 1.82) is 5.41 Å². The minimum Gasteiger partial charge on any atom is -0.480 e. The number of carboxylic acids is 1. The van der Waals surface area contributed by atoms with Gasteiger partial charge in [0.25, 0.3) is 0 Å². The van der Waals surface area contributed by atoms with E-state index < -0.39 is 12.0 Å². The van der Waals surface area contributed by atoms with E-state index in [2.05, 4.69) is 5.32 Å². The molecule has 0 bridgehead atoms. The van der Waals surface area contributed by atoms with Crippen molar-refractivity contribution in [2.24, 2.45) is 5.73 Å². The smallest absolute Gasteiger partial charge is 0.320 e. The highest BCUT2D eigenvalue weighted by atomic mass is 19.1. The Morgan fingerprint density at radius 1 is 1.67 bits per heavy atom. The second-order valence-electron chi connectivity index (χ2n) is 3.01. The molecular formula is C9H16FN3O2. The summed E-state index contributed by atoms with van der Waals surface area (Å²) < 4.78 is 12.9. The van der Waals surface area contributed by atoms with E-state index in [0.717, 1.165) is 6.21 Å². The maximum Gasteiger partial charge on any atom is 0.320 e. The lowest BCUT2D eigenvalue weighted by Crippen LogP contribution is -2.29. The molecule has 0 radical (unpaired) electrons. The number of carboxylic acid groups (broad SMARTS) is 1. The van der Waals surface area contributed by atoms with Crippen LogP contribution in [0.2, 0.25) is 0 Å². The van der Waals surface area contributed by atoms with Crippen molar-refractivity contribution in [3.63, 3.8) is 0 Å². The van der Waals surface area contributed by atoms with Gasteiger partial charge in [-0.15, -0.1) is 0 Å². The molecule has 86 valence electrons. The summed E-state index contributed by atoms with van der Waals surface area (Å²) in [5.74, 6) is -1.44. The number of carbonyl (C=O) groups is 1. The van der Waals surface area contributed by atoms with Crippen LogP contribution in [0.4, 0.5) is 4.39 Å². The Hall–Kier alpha value is -1.27. The highest BCUT2D eigenvalue weighted by molar-refractivity contribution is 5.72. The van der Waals surface area contributed by atoms with Gasteiger partial charge in [0, 0.05) is 19.3 Å². The molecule has 0 aromatic heterocycles. The quantitative estimate of drug-likeness (QED) is 0.346. The largest absolute Gasteiger partial charge is 0.480 e. The van der Waals surface area contributed by atoms with Gasteiger partial charge in [-0.2, -0.15) is 0 Å².